The zero-order chi connectivity index (χ0) is 72.2. The number of hydrogen-bond acceptors (Lipinski definition) is 26. The summed E-state index contributed by atoms with van der Waals surface area (Å²) in [6.45, 7) is -2.61. The second kappa shape index (κ2) is 37.1. The number of carbonyl (C=O) groups is 7. The molecule has 5 aromatic rings. The summed E-state index contributed by atoms with van der Waals surface area (Å²) in [7, 11) is 1.57. The Bertz CT molecular complexity index is 3860. The Labute approximate surface area is 590 Å². The van der Waals surface area contributed by atoms with Crippen LogP contribution in [0, 0.1) is 11.8 Å². The van der Waals surface area contributed by atoms with E-state index in [1.165, 1.54) is 47.1 Å². The van der Waals surface area contributed by atoms with Crippen molar-refractivity contribution >= 4 is 102 Å². The smallest absolute Gasteiger partial charge is 0.410 e. The predicted octanol–water partition coefficient (Wildman–Crippen LogP) is 4.25. The van der Waals surface area contributed by atoms with E-state index in [-0.39, 0.29) is 124 Å². The summed E-state index contributed by atoms with van der Waals surface area (Å²) in [4.78, 5) is 138. The number of imidazole rings is 1. The van der Waals surface area contributed by atoms with Gasteiger partial charge in [0.05, 0.1) is 71.9 Å². The minimum Gasteiger partial charge on any atom is -0.474 e. The van der Waals surface area contributed by atoms with Crippen LogP contribution in [0.2, 0.25) is 0 Å². The van der Waals surface area contributed by atoms with Crippen molar-refractivity contribution in [2.24, 2.45) is 11.8 Å². The van der Waals surface area contributed by atoms with Gasteiger partial charge in [-0.25, -0.2) is 24.3 Å². The van der Waals surface area contributed by atoms with Gasteiger partial charge < -0.3 is 77.6 Å². The largest absolute Gasteiger partial charge is 0.474 e. The molecule has 9 rings (SSSR count). The Morgan fingerprint density at radius 3 is 2.28 bits per heavy atom. The summed E-state index contributed by atoms with van der Waals surface area (Å²) in [5.74, 6) is -3.97. The van der Waals surface area contributed by atoms with E-state index >= 15 is 0 Å². The molecule has 7 amide bonds. The van der Waals surface area contributed by atoms with Gasteiger partial charge in [-0.15, -0.1) is 0 Å². The highest BCUT2D eigenvalue weighted by atomic mass is 32.7. The number of benzene rings is 2. The number of H-pyrrole nitrogens is 1. The highest BCUT2D eigenvalue weighted by Gasteiger charge is 2.51. The Kier molecular flexibility index (Phi) is 28.5. The molecule has 34 nitrogen and oxygen atoms in total. The van der Waals surface area contributed by atoms with E-state index < -0.39 is 104 Å². The number of amides is 7. The molecule has 548 valence electrons. The van der Waals surface area contributed by atoms with Crippen LogP contribution in [0.25, 0.3) is 11.2 Å². The van der Waals surface area contributed by atoms with Crippen LogP contribution in [-0.4, -0.2) is 213 Å². The number of imide groups is 1. The molecular weight excluding hydrogens is 1400 g/mol. The van der Waals surface area contributed by atoms with Gasteiger partial charge in [-0.05, 0) is 73.2 Å². The standard InChI is InChI=1S/C63H82N12O22P2S2/c1-38(2)52(69-48(76)12-6-5-9-21-74-50(77)17-18-51(74)78)59(82)67-39(3)57(80)68-43-15-13-40(14-16-43)33-91-63(84)73(22-23-88-26-27-90-29-28-89-25-24-87-4)32-41-10-7-8-11-45(41)58(81)71-62-70-56-53(60(83)72-62)66-37-75(56)61-55-54(79)47(95-61)35-93-98(85,100)96-46-31-44(94-49-19-20-64-36-65-49)30-42(46)34-92-99(86,101)97-55/h7-8,10-11,13-20,36-39,42,44,46-47,52,54-55,61,79H,5-6,9,12,21-35H2,1-4H3,(H,67,82)(H,68,80)(H,69,76)(H,85,100)(H,86,101)(H2,70,71,72,81,83)/t39-,42+,44+,46-,47+,52-,54+,55+,61+,98?,99?/m0/s1. The molecule has 3 fully saturated rings. The maximum Gasteiger partial charge on any atom is 0.410 e. The number of fused-ring (bicyclic) bond motifs is 4. The second-order valence-electron chi connectivity index (χ2n) is 24.2. The quantitative estimate of drug-likeness (QED) is 0.0126. The molecule has 4 aliphatic rings. The number of anilines is 2. The van der Waals surface area contributed by atoms with Crippen LogP contribution in [0.4, 0.5) is 16.4 Å². The van der Waals surface area contributed by atoms with E-state index in [0.29, 0.717) is 62.5 Å². The Morgan fingerprint density at radius 2 is 1.56 bits per heavy atom. The number of rotatable bonds is 33. The van der Waals surface area contributed by atoms with E-state index in [1.54, 1.807) is 69.5 Å². The molecule has 0 radical (unpaired) electrons. The minimum atomic E-state index is -4.41. The number of aromatic amines is 1. The number of aliphatic hydroxyl groups is 1. The lowest BCUT2D eigenvalue weighted by Crippen LogP contribution is -2.53. The maximum atomic E-state index is 14.4. The first kappa shape index (κ1) is 77.6. The Morgan fingerprint density at radius 1 is 0.842 bits per heavy atom. The average molecular weight is 1490 g/mol. The van der Waals surface area contributed by atoms with E-state index in [0.717, 1.165) is 11.2 Å². The molecule has 1 saturated carbocycles. The summed E-state index contributed by atoms with van der Waals surface area (Å²) in [6, 6.07) is 12.4. The van der Waals surface area contributed by atoms with Gasteiger partial charge in [0.2, 0.25) is 29.5 Å². The predicted molar refractivity (Wildman–Crippen MR) is 365 cm³/mol. The van der Waals surface area contributed by atoms with Crippen molar-refractivity contribution in [1.29, 1.82) is 0 Å². The molecule has 11 atom stereocenters. The first-order valence-corrected chi connectivity index (χ1v) is 37.8. The van der Waals surface area contributed by atoms with Crippen LogP contribution in [0.5, 0.6) is 5.88 Å². The fourth-order valence-electron chi connectivity index (χ4n) is 11.1. The van der Waals surface area contributed by atoms with Gasteiger partial charge in [0.25, 0.3) is 23.3 Å². The zero-order valence-corrected chi connectivity index (χ0v) is 59.2. The van der Waals surface area contributed by atoms with Gasteiger partial charge >= 0.3 is 19.6 Å². The van der Waals surface area contributed by atoms with Crippen molar-refractivity contribution in [2.45, 2.75) is 121 Å². The molecule has 38 heteroatoms. The molecule has 2 unspecified atom stereocenters. The van der Waals surface area contributed by atoms with Gasteiger partial charge in [0.15, 0.2) is 17.4 Å². The van der Waals surface area contributed by atoms with Crippen molar-refractivity contribution in [1.82, 2.24) is 49.9 Å². The van der Waals surface area contributed by atoms with E-state index in [4.69, 9.17) is 63.1 Å². The van der Waals surface area contributed by atoms with Gasteiger partial charge in [-0.1, -0.05) is 62.8 Å². The zero-order valence-electron chi connectivity index (χ0n) is 55.7. The lowest BCUT2D eigenvalue weighted by Gasteiger charge is -2.27. The fraction of sp³-hybridized carbons (Fsp3) is 0.524. The van der Waals surface area contributed by atoms with Crippen molar-refractivity contribution < 1.29 is 99.4 Å². The summed E-state index contributed by atoms with van der Waals surface area (Å²) in [5, 5.41) is 22.5. The molecule has 2 bridgehead atoms. The summed E-state index contributed by atoms with van der Waals surface area (Å²) in [6.07, 6.45) is 0.431. The number of thiol groups is 1. The van der Waals surface area contributed by atoms with Crippen LogP contribution in [0.15, 0.2) is 90.4 Å². The number of carbonyl (C=O) groups excluding carboxylic acids is 7. The molecule has 2 saturated heterocycles. The Balaban J connectivity index is 0.820. The monoisotopic (exact) mass is 1480 g/mol. The van der Waals surface area contributed by atoms with Crippen molar-refractivity contribution in [3.8, 4) is 5.88 Å². The lowest BCUT2D eigenvalue weighted by atomic mass is 10.0. The van der Waals surface area contributed by atoms with Crippen molar-refractivity contribution in [3.63, 3.8) is 0 Å². The number of aliphatic hydroxyl groups excluding tert-OH is 1. The van der Waals surface area contributed by atoms with Gasteiger partial charge in [-0.3, -0.25) is 57.9 Å². The van der Waals surface area contributed by atoms with Gasteiger partial charge in [0, 0.05) is 81.2 Å². The first-order chi connectivity index (χ1) is 48.4. The fourth-order valence-corrected chi connectivity index (χ4v) is 14.1. The summed E-state index contributed by atoms with van der Waals surface area (Å²) < 4.78 is 78.6. The molecule has 101 heavy (non-hydrogen) atoms. The van der Waals surface area contributed by atoms with Crippen LogP contribution < -0.4 is 31.6 Å². The summed E-state index contributed by atoms with van der Waals surface area (Å²) in [5.41, 5.74) is 0.0141. The van der Waals surface area contributed by atoms with Crippen LogP contribution in [0.1, 0.15) is 87.0 Å². The molecule has 2 aromatic carbocycles. The Hall–Kier alpha value is -7.51. The SMILES string of the molecule is COCCOCCOCCOCCN(Cc1ccccc1C(=O)Nc1nc2c(ncn2[C@@H]2O[C@@H]3COP(O)(=S)O[C@H]4C[C@H](Oc5ccncn5)C[C@@H]4COP(=O)(S)O[C@@H]2[C@@H]3O)c(=O)[nH]1)C(=O)OCc1ccc(NC(=O)[C@H](C)NC(=O)[C@@H](NC(=O)CCCCCN2C(=O)C=CC2=O)C(C)C)cc1. The van der Waals surface area contributed by atoms with Gasteiger partial charge in [-0.2, -0.15) is 4.98 Å². The topological polar surface area (TPSA) is 422 Å². The van der Waals surface area contributed by atoms with Crippen LogP contribution in [-0.2, 0) is 100 Å². The second-order valence-corrected chi connectivity index (χ2v) is 29.8. The molecule has 0 spiro atoms. The number of ether oxygens (including phenoxy) is 7. The molecular formula is C63H82N12O22P2S2. The average Bonchev–Trinajstić information content (AvgIpc) is 1.61. The van der Waals surface area contributed by atoms with Crippen molar-refractivity contribution in [2.75, 3.05) is 90.3 Å². The molecule has 3 aromatic heterocycles. The highest BCUT2D eigenvalue weighted by molar-refractivity contribution is 8.44. The molecule has 7 N–H and O–H groups in total. The third-order valence-corrected chi connectivity index (χ3v) is 19.6. The maximum absolute atomic E-state index is 14.4. The van der Waals surface area contributed by atoms with E-state index in [2.05, 4.69) is 58.4 Å². The highest BCUT2D eigenvalue weighted by Crippen LogP contribution is 2.59. The number of unbranched alkanes of at least 4 members (excludes halogenated alkanes) is 2. The summed E-state index contributed by atoms with van der Waals surface area (Å²) >= 11 is 9.67. The number of methoxy groups -OCH3 is 1. The normalized spacial score (nSPS) is 23.5. The third-order valence-electron chi connectivity index (χ3n) is 16.4. The number of aromatic nitrogens is 6. The number of nitrogens with one attached hydrogen (secondary N) is 5. The van der Waals surface area contributed by atoms with E-state index in [1.807, 2.05) is 0 Å². The van der Waals surface area contributed by atoms with Crippen molar-refractivity contribution in [3.05, 3.63) is 113 Å². The number of hydrogen-bond donors (Lipinski definition) is 8. The molecule has 1 aliphatic carbocycles. The van der Waals surface area contributed by atoms with Crippen LogP contribution in [0.3, 0.4) is 0 Å². The number of nitrogens with zero attached hydrogens (tertiary/aromatic N) is 7. The third kappa shape index (κ3) is 22.5. The lowest BCUT2D eigenvalue weighted by molar-refractivity contribution is -0.137. The minimum absolute atomic E-state index is 0.0140. The van der Waals surface area contributed by atoms with E-state index in [9.17, 15) is 52.9 Å². The van der Waals surface area contributed by atoms with Crippen LogP contribution >= 0.6 is 25.8 Å². The first-order valence-electron chi connectivity index (χ1n) is 32.6. The van der Waals surface area contributed by atoms with Gasteiger partial charge in [0.1, 0.15) is 49.4 Å². The molecule has 3 aliphatic heterocycles. The molecule has 6 heterocycles.